The minimum atomic E-state index is -3.13. The Morgan fingerprint density at radius 2 is 2.00 bits per heavy atom. The molecule has 1 aliphatic rings. The molecule has 1 aliphatic heterocycles. The summed E-state index contributed by atoms with van der Waals surface area (Å²) >= 11 is 0. The SMILES string of the molecule is CCCC1CCCN(S(=O)(=O)C(C)CNCC)CC1. The Kier molecular flexibility index (Phi) is 7.32. The zero-order chi connectivity index (χ0) is 14.3. The van der Waals surface area contributed by atoms with Crippen LogP contribution in [0.1, 0.15) is 52.9 Å². The van der Waals surface area contributed by atoms with E-state index in [1.54, 1.807) is 4.31 Å². The van der Waals surface area contributed by atoms with Crippen molar-refractivity contribution in [3.63, 3.8) is 0 Å². The van der Waals surface area contributed by atoms with Gasteiger partial charge in [0.25, 0.3) is 0 Å². The zero-order valence-electron chi connectivity index (χ0n) is 12.7. The lowest BCUT2D eigenvalue weighted by molar-refractivity contribution is 0.395. The predicted octanol–water partition coefficient (Wildman–Crippen LogP) is 2.22. The molecule has 0 aliphatic carbocycles. The third-order valence-electron chi connectivity index (χ3n) is 4.05. The number of rotatable bonds is 7. The van der Waals surface area contributed by atoms with Crippen LogP contribution in [0.3, 0.4) is 0 Å². The van der Waals surface area contributed by atoms with Crippen LogP contribution in [0, 0.1) is 5.92 Å². The molecule has 19 heavy (non-hydrogen) atoms. The molecule has 1 N–H and O–H groups in total. The van der Waals surface area contributed by atoms with Crippen LogP contribution in [-0.2, 0) is 10.0 Å². The van der Waals surface area contributed by atoms with Crippen molar-refractivity contribution >= 4 is 10.0 Å². The van der Waals surface area contributed by atoms with Crippen molar-refractivity contribution in [2.24, 2.45) is 5.92 Å². The number of hydrogen-bond acceptors (Lipinski definition) is 3. The molecule has 0 amide bonds. The van der Waals surface area contributed by atoms with Gasteiger partial charge < -0.3 is 5.32 Å². The highest BCUT2D eigenvalue weighted by Gasteiger charge is 2.30. The third kappa shape index (κ3) is 5.04. The lowest BCUT2D eigenvalue weighted by Crippen LogP contribution is -2.42. The second-order valence-electron chi connectivity index (χ2n) is 5.65. The molecule has 114 valence electrons. The highest BCUT2D eigenvalue weighted by atomic mass is 32.2. The molecule has 0 saturated carbocycles. The molecular formula is C14H30N2O2S. The van der Waals surface area contributed by atoms with E-state index in [0.717, 1.165) is 19.4 Å². The number of nitrogens with zero attached hydrogens (tertiary/aromatic N) is 1. The summed E-state index contributed by atoms with van der Waals surface area (Å²) in [5.41, 5.74) is 0. The summed E-state index contributed by atoms with van der Waals surface area (Å²) in [6.07, 6.45) is 5.66. The lowest BCUT2D eigenvalue weighted by atomic mass is 9.96. The molecule has 5 heteroatoms. The molecule has 0 radical (unpaired) electrons. The highest BCUT2D eigenvalue weighted by molar-refractivity contribution is 7.89. The summed E-state index contributed by atoms with van der Waals surface area (Å²) in [5, 5.41) is 2.81. The van der Waals surface area contributed by atoms with Gasteiger partial charge in [-0.15, -0.1) is 0 Å². The third-order valence-corrected chi connectivity index (χ3v) is 6.32. The topological polar surface area (TPSA) is 49.4 Å². The van der Waals surface area contributed by atoms with E-state index in [9.17, 15) is 8.42 Å². The van der Waals surface area contributed by atoms with Crippen LogP contribution in [-0.4, -0.2) is 44.2 Å². The van der Waals surface area contributed by atoms with Crippen molar-refractivity contribution < 1.29 is 8.42 Å². The molecule has 1 fully saturated rings. The molecule has 2 atom stereocenters. The van der Waals surface area contributed by atoms with Crippen molar-refractivity contribution in [3.05, 3.63) is 0 Å². The van der Waals surface area contributed by atoms with Crippen LogP contribution < -0.4 is 5.32 Å². The van der Waals surface area contributed by atoms with Crippen LogP contribution >= 0.6 is 0 Å². The van der Waals surface area contributed by atoms with Gasteiger partial charge in [0.05, 0.1) is 5.25 Å². The Hall–Kier alpha value is -0.130. The molecule has 0 spiro atoms. The minimum Gasteiger partial charge on any atom is -0.316 e. The van der Waals surface area contributed by atoms with E-state index < -0.39 is 10.0 Å². The summed E-state index contributed by atoms with van der Waals surface area (Å²) in [5.74, 6) is 0.717. The average molecular weight is 290 g/mol. The molecule has 4 nitrogen and oxygen atoms in total. The standard InChI is InChI=1S/C14H30N2O2S/c1-4-7-14-8-6-10-16(11-9-14)19(17,18)13(3)12-15-5-2/h13-15H,4-12H2,1-3H3. The van der Waals surface area contributed by atoms with Gasteiger partial charge >= 0.3 is 0 Å². The second kappa shape index (κ2) is 8.22. The van der Waals surface area contributed by atoms with Gasteiger partial charge in [-0.3, -0.25) is 0 Å². The highest BCUT2D eigenvalue weighted by Crippen LogP contribution is 2.24. The minimum absolute atomic E-state index is 0.324. The zero-order valence-corrected chi connectivity index (χ0v) is 13.5. The maximum Gasteiger partial charge on any atom is 0.217 e. The lowest BCUT2D eigenvalue weighted by Gasteiger charge is -2.24. The smallest absolute Gasteiger partial charge is 0.217 e. The second-order valence-corrected chi connectivity index (χ2v) is 8.00. The van der Waals surface area contributed by atoms with E-state index in [0.29, 0.717) is 25.6 Å². The Bertz CT molecular complexity index is 343. The summed E-state index contributed by atoms with van der Waals surface area (Å²) in [6, 6.07) is 0. The number of sulfonamides is 1. The Morgan fingerprint density at radius 3 is 2.63 bits per heavy atom. The predicted molar refractivity (Wildman–Crippen MR) is 80.7 cm³/mol. The summed E-state index contributed by atoms with van der Waals surface area (Å²) in [4.78, 5) is 0. The summed E-state index contributed by atoms with van der Waals surface area (Å²) in [6.45, 7) is 8.81. The van der Waals surface area contributed by atoms with Gasteiger partial charge in [0.15, 0.2) is 0 Å². The molecule has 1 rings (SSSR count). The monoisotopic (exact) mass is 290 g/mol. The molecule has 1 heterocycles. The fourth-order valence-corrected chi connectivity index (χ4v) is 4.38. The van der Waals surface area contributed by atoms with Crippen molar-refractivity contribution in [2.75, 3.05) is 26.2 Å². The Labute approximate surface area is 119 Å². The molecule has 0 aromatic heterocycles. The first-order valence-electron chi connectivity index (χ1n) is 7.72. The first-order chi connectivity index (χ1) is 9.02. The van der Waals surface area contributed by atoms with E-state index >= 15 is 0 Å². The molecule has 0 bridgehead atoms. The van der Waals surface area contributed by atoms with Crippen LogP contribution in [0.25, 0.3) is 0 Å². The Balaban J connectivity index is 2.58. The molecule has 2 unspecified atom stereocenters. The van der Waals surface area contributed by atoms with Gasteiger partial charge in [-0.1, -0.05) is 26.7 Å². The van der Waals surface area contributed by atoms with Gasteiger partial charge in [-0.2, -0.15) is 0 Å². The average Bonchev–Trinajstić information content (AvgIpc) is 2.62. The van der Waals surface area contributed by atoms with Gasteiger partial charge in [-0.25, -0.2) is 12.7 Å². The quantitative estimate of drug-likeness (QED) is 0.782. The summed E-state index contributed by atoms with van der Waals surface area (Å²) in [7, 11) is -3.13. The van der Waals surface area contributed by atoms with Gasteiger partial charge in [0, 0.05) is 19.6 Å². The normalized spacial score (nSPS) is 24.1. The van der Waals surface area contributed by atoms with Crippen LogP contribution in [0.5, 0.6) is 0 Å². The van der Waals surface area contributed by atoms with E-state index in [2.05, 4.69) is 12.2 Å². The van der Waals surface area contributed by atoms with Crippen LogP contribution in [0.15, 0.2) is 0 Å². The van der Waals surface area contributed by atoms with E-state index in [1.165, 1.54) is 19.3 Å². The molecule has 1 saturated heterocycles. The van der Waals surface area contributed by atoms with E-state index in [4.69, 9.17) is 0 Å². The maximum absolute atomic E-state index is 12.5. The van der Waals surface area contributed by atoms with Gasteiger partial charge in [0.2, 0.25) is 10.0 Å². The fourth-order valence-electron chi connectivity index (χ4n) is 2.80. The van der Waals surface area contributed by atoms with Crippen molar-refractivity contribution in [1.29, 1.82) is 0 Å². The maximum atomic E-state index is 12.5. The molecule has 0 aromatic carbocycles. The number of hydrogen-bond donors (Lipinski definition) is 1. The summed E-state index contributed by atoms with van der Waals surface area (Å²) < 4.78 is 26.7. The van der Waals surface area contributed by atoms with Crippen LogP contribution in [0.4, 0.5) is 0 Å². The first-order valence-corrected chi connectivity index (χ1v) is 9.22. The van der Waals surface area contributed by atoms with E-state index in [1.807, 2.05) is 13.8 Å². The van der Waals surface area contributed by atoms with E-state index in [-0.39, 0.29) is 5.25 Å². The van der Waals surface area contributed by atoms with Gasteiger partial charge in [0.1, 0.15) is 0 Å². The molecular weight excluding hydrogens is 260 g/mol. The van der Waals surface area contributed by atoms with Gasteiger partial charge in [-0.05, 0) is 38.6 Å². The number of nitrogens with one attached hydrogen (secondary N) is 1. The fraction of sp³-hybridized carbons (Fsp3) is 1.00. The van der Waals surface area contributed by atoms with Crippen molar-refractivity contribution in [2.45, 2.75) is 58.1 Å². The van der Waals surface area contributed by atoms with Crippen molar-refractivity contribution in [1.82, 2.24) is 9.62 Å². The van der Waals surface area contributed by atoms with Crippen molar-refractivity contribution in [3.8, 4) is 0 Å². The largest absolute Gasteiger partial charge is 0.316 e. The first kappa shape index (κ1) is 16.9. The Morgan fingerprint density at radius 1 is 1.26 bits per heavy atom. The van der Waals surface area contributed by atoms with Crippen LogP contribution in [0.2, 0.25) is 0 Å². The molecule has 0 aromatic rings.